The van der Waals surface area contributed by atoms with Gasteiger partial charge in [-0.25, -0.2) is 13.1 Å². The summed E-state index contributed by atoms with van der Waals surface area (Å²) < 4.78 is 25.5. The van der Waals surface area contributed by atoms with Gasteiger partial charge in [0.25, 0.3) is 0 Å². The number of hydrogen-bond acceptors (Lipinski definition) is 6. The quantitative estimate of drug-likeness (QED) is 0.605. The lowest BCUT2D eigenvalue weighted by Crippen LogP contribution is -2.26. The number of benzene rings is 2. The first-order valence-electron chi connectivity index (χ1n) is 10.6. The fourth-order valence-corrected chi connectivity index (χ4v) is 7.09. The third-order valence-corrected chi connectivity index (χ3v) is 8.65. The number of amides is 1. The molecule has 3 heterocycles. The van der Waals surface area contributed by atoms with Gasteiger partial charge in [-0.3, -0.25) is 4.79 Å². The van der Waals surface area contributed by atoms with Crippen LogP contribution in [0.2, 0.25) is 0 Å². The molecule has 2 aliphatic rings. The van der Waals surface area contributed by atoms with E-state index in [0.29, 0.717) is 25.2 Å². The highest BCUT2D eigenvalue weighted by Crippen LogP contribution is 2.47. The molecule has 1 N–H and O–H groups in total. The van der Waals surface area contributed by atoms with Gasteiger partial charge in [0.1, 0.15) is 5.82 Å². The molecule has 32 heavy (non-hydrogen) atoms. The summed E-state index contributed by atoms with van der Waals surface area (Å²) in [6, 6.07) is 18.0. The molecule has 0 unspecified atom stereocenters. The molecule has 2 aliphatic heterocycles. The van der Waals surface area contributed by atoms with Gasteiger partial charge in [0.2, 0.25) is 5.91 Å². The van der Waals surface area contributed by atoms with E-state index in [2.05, 4.69) is 39.6 Å². The van der Waals surface area contributed by atoms with Gasteiger partial charge in [-0.05, 0) is 37.6 Å². The number of carbonyl (C=O) groups is 1. The van der Waals surface area contributed by atoms with Crippen LogP contribution in [0.1, 0.15) is 24.6 Å². The Hall–Kier alpha value is -2.78. The lowest BCUT2D eigenvalue weighted by molar-refractivity contribution is -0.116. The van der Waals surface area contributed by atoms with Crippen molar-refractivity contribution in [3.8, 4) is 0 Å². The zero-order chi connectivity index (χ0) is 22.3. The molecule has 0 saturated carbocycles. The molecule has 9 heteroatoms. The maximum absolute atomic E-state index is 12.9. The molecule has 1 saturated heterocycles. The molecule has 1 fully saturated rings. The minimum atomic E-state index is -3.04. The van der Waals surface area contributed by atoms with Crippen molar-refractivity contribution in [1.82, 2.24) is 9.78 Å². The summed E-state index contributed by atoms with van der Waals surface area (Å²) in [5.74, 6) is 0.663. The third kappa shape index (κ3) is 4.14. The summed E-state index contributed by atoms with van der Waals surface area (Å²) >= 11 is 1.74. The highest BCUT2D eigenvalue weighted by molar-refractivity contribution is 7.99. The molecule has 5 rings (SSSR count). The van der Waals surface area contributed by atoms with Gasteiger partial charge in [-0.15, -0.1) is 0 Å². The van der Waals surface area contributed by atoms with Crippen molar-refractivity contribution in [2.24, 2.45) is 0 Å². The SMILES string of the molecule is Cc1cc(NC(=O)CCN2c3ccccc3Sc3ccccc32)n([C@H]2CCS(=O)(=O)C2)n1. The normalized spacial score (nSPS) is 18.8. The van der Waals surface area contributed by atoms with Gasteiger partial charge in [-0.1, -0.05) is 36.0 Å². The number of carbonyl (C=O) groups excluding carboxylic acids is 1. The zero-order valence-corrected chi connectivity index (χ0v) is 19.3. The van der Waals surface area contributed by atoms with E-state index in [9.17, 15) is 13.2 Å². The Bertz CT molecular complexity index is 1240. The van der Waals surface area contributed by atoms with Crippen LogP contribution in [0.15, 0.2) is 64.4 Å². The lowest BCUT2D eigenvalue weighted by Gasteiger charge is -2.32. The smallest absolute Gasteiger partial charge is 0.227 e. The van der Waals surface area contributed by atoms with E-state index in [1.54, 1.807) is 22.5 Å². The Morgan fingerprint density at radius 3 is 2.41 bits per heavy atom. The number of aryl methyl sites for hydroxylation is 1. The summed E-state index contributed by atoms with van der Waals surface area (Å²) in [5.41, 5.74) is 2.95. The molecule has 0 aliphatic carbocycles. The molecule has 0 radical (unpaired) electrons. The minimum Gasteiger partial charge on any atom is -0.339 e. The molecular weight excluding hydrogens is 444 g/mol. The van der Waals surface area contributed by atoms with Crippen LogP contribution in [0, 0.1) is 6.92 Å². The molecule has 1 aromatic heterocycles. The summed E-state index contributed by atoms with van der Waals surface area (Å²) in [6.07, 6.45) is 0.811. The van der Waals surface area contributed by atoms with Crippen LogP contribution >= 0.6 is 11.8 Å². The Morgan fingerprint density at radius 2 is 1.78 bits per heavy atom. The highest BCUT2D eigenvalue weighted by atomic mass is 32.2. The molecule has 0 bridgehead atoms. The van der Waals surface area contributed by atoms with Crippen molar-refractivity contribution in [3.63, 3.8) is 0 Å². The predicted molar refractivity (Wildman–Crippen MR) is 127 cm³/mol. The van der Waals surface area contributed by atoms with E-state index >= 15 is 0 Å². The van der Waals surface area contributed by atoms with Crippen LogP contribution in [-0.2, 0) is 14.6 Å². The van der Waals surface area contributed by atoms with Gasteiger partial charge in [0, 0.05) is 28.8 Å². The van der Waals surface area contributed by atoms with Crippen molar-refractivity contribution < 1.29 is 13.2 Å². The Balaban J connectivity index is 1.32. The van der Waals surface area contributed by atoms with Gasteiger partial charge >= 0.3 is 0 Å². The van der Waals surface area contributed by atoms with E-state index in [0.717, 1.165) is 17.1 Å². The van der Waals surface area contributed by atoms with E-state index < -0.39 is 9.84 Å². The number of sulfone groups is 1. The van der Waals surface area contributed by atoms with Crippen LogP contribution in [-0.4, -0.2) is 42.2 Å². The summed E-state index contributed by atoms with van der Waals surface area (Å²) in [5, 5.41) is 7.40. The second kappa shape index (κ2) is 8.29. The van der Waals surface area contributed by atoms with Crippen LogP contribution in [0.25, 0.3) is 0 Å². The Labute approximate surface area is 191 Å². The molecule has 3 aromatic rings. The number of nitrogens with zero attached hydrogens (tertiary/aromatic N) is 3. The van der Waals surface area contributed by atoms with E-state index in [1.807, 2.05) is 31.2 Å². The molecule has 7 nitrogen and oxygen atoms in total. The first-order valence-corrected chi connectivity index (χ1v) is 13.2. The second-order valence-corrected chi connectivity index (χ2v) is 11.5. The number of fused-ring (bicyclic) bond motifs is 2. The summed E-state index contributed by atoms with van der Waals surface area (Å²) in [6.45, 7) is 2.38. The summed E-state index contributed by atoms with van der Waals surface area (Å²) in [4.78, 5) is 17.4. The van der Waals surface area contributed by atoms with Gasteiger partial charge in [0.05, 0.1) is 34.6 Å². The largest absolute Gasteiger partial charge is 0.339 e. The monoisotopic (exact) mass is 468 g/mol. The number of anilines is 3. The zero-order valence-electron chi connectivity index (χ0n) is 17.7. The van der Waals surface area contributed by atoms with Crippen LogP contribution in [0.5, 0.6) is 0 Å². The maximum Gasteiger partial charge on any atom is 0.227 e. The topological polar surface area (TPSA) is 84.3 Å². The molecule has 1 atom stereocenters. The molecule has 0 spiro atoms. The Morgan fingerprint density at radius 1 is 1.12 bits per heavy atom. The van der Waals surface area contributed by atoms with Crippen LogP contribution in [0.4, 0.5) is 17.2 Å². The van der Waals surface area contributed by atoms with Crippen LogP contribution in [0.3, 0.4) is 0 Å². The Kier molecular flexibility index (Phi) is 5.46. The van der Waals surface area contributed by atoms with E-state index in [4.69, 9.17) is 0 Å². The van der Waals surface area contributed by atoms with Crippen molar-refractivity contribution in [3.05, 3.63) is 60.3 Å². The molecule has 166 valence electrons. The van der Waals surface area contributed by atoms with Gasteiger partial charge in [-0.2, -0.15) is 5.10 Å². The molecule has 2 aromatic carbocycles. The minimum absolute atomic E-state index is 0.0655. The standard InChI is InChI=1S/C23H24N4O3S2/c1-16-14-22(27(25-16)17-11-13-32(29,30)15-17)24-23(28)10-12-26-18-6-2-4-8-20(18)31-21-9-5-3-7-19(21)26/h2-9,14,17H,10-13,15H2,1H3,(H,24,28)/t17-/m0/s1. The number of rotatable bonds is 5. The van der Waals surface area contributed by atoms with Crippen molar-refractivity contribution in [2.45, 2.75) is 35.6 Å². The average molecular weight is 469 g/mol. The van der Waals surface area contributed by atoms with E-state index in [-0.39, 0.29) is 23.5 Å². The fraction of sp³-hybridized carbons (Fsp3) is 0.304. The summed E-state index contributed by atoms with van der Waals surface area (Å²) in [7, 11) is -3.04. The van der Waals surface area contributed by atoms with Crippen molar-refractivity contribution in [1.29, 1.82) is 0 Å². The number of nitrogens with one attached hydrogen (secondary N) is 1. The highest BCUT2D eigenvalue weighted by Gasteiger charge is 2.31. The number of para-hydroxylation sites is 2. The third-order valence-electron chi connectivity index (χ3n) is 5.77. The van der Waals surface area contributed by atoms with Crippen molar-refractivity contribution in [2.75, 3.05) is 28.3 Å². The second-order valence-electron chi connectivity index (χ2n) is 8.16. The van der Waals surface area contributed by atoms with Gasteiger partial charge in [0.15, 0.2) is 9.84 Å². The maximum atomic E-state index is 12.9. The lowest BCUT2D eigenvalue weighted by atomic mass is 10.2. The fourth-order valence-electron chi connectivity index (χ4n) is 4.30. The van der Waals surface area contributed by atoms with Gasteiger partial charge < -0.3 is 10.2 Å². The first kappa shape index (κ1) is 21.1. The number of aromatic nitrogens is 2. The van der Waals surface area contributed by atoms with Crippen LogP contribution < -0.4 is 10.2 Å². The average Bonchev–Trinajstić information content (AvgIpc) is 3.32. The molecule has 1 amide bonds. The molecular formula is C23H24N4O3S2. The first-order chi connectivity index (χ1) is 15.4. The van der Waals surface area contributed by atoms with E-state index in [1.165, 1.54) is 9.79 Å². The predicted octanol–water partition coefficient (Wildman–Crippen LogP) is 4.18. The number of hydrogen-bond donors (Lipinski definition) is 1. The van der Waals surface area contributed by atoms with Crippen molar-refractivity contribution >= 4 is 44.7 Å².